The zero-order chi connectivity index (χ0) is 19.0. The Morgan fingerprint density at radius 1 is 1.27 bits per heavy atom. The summed E-state index contributed by atoms with van der Waals surface area (Å²) in [5.74, 6) is -1.97. The van der Waals surface area contributed by atoms with Crippen molar-refractivity contribution in [3.05, 3.63) is 34.9 Å². The van der Waals surface area contributed by atoms with Gasteiger partial charge in [-0.3, -0.25) is 34.3 Å². The second-order valence-electron chi connectivity index (χ2n) is 6.79. The van der Waals surface area contributed by atoms with Gasteiger partial charge in [-0.1, -0.05) is 12.1 Å². The molecule has 2 aliphatic heterocycles. The number of amides is 4. The van der Waals surface area contributed by atoms with Gasteiger partial charge < -0.3 is 5.73 Å². The van der Waals surface area contributed by atoms with Crippen LogP contribution in [0.3, 0.4) is 0 Å². The van der Waals surface area contributed by atoms with Gasteiger partial charge in [0, 0.05) is 25.6 Å². The minimum Gasteiger partial charge on any atom is -0.329 e. The van der Waals surface area contributed by atoms with E-state index in [1.54, 1.807) is 18.2 Å². The summed E-state index contributed by atoms with van der Waals surface area (Å²) in [6.07, 6.45) is 0.253. The van der Waals surface area contributed by atoms with E-state index in [0.29, 0.717) is 24.2 Å². The molecule has 1 aromatic carbocycles. The number of hydrogen-bond acceptors (Lipinski definition) is 6. The number of benzene rings is 1. The molecule has 1 saturated heterocycles. The van der Waals surface area contributed by atoms with E-state index in [2.05, 4.69) is 5.32 Å². The van der Waals surface area contributed by atoms with Gasteiger partial charge in [-0.05, 0) is 32.0 Å². The van der Waals surface area contributed by atoms with E-state index in [0.717, 1.165) is 10.5 Å². The van der Waals surface area contributed by atoms with E-state index < -0.39 is 23.8 Å². The minimum atomic E-state index is -0.950. The Morgan fingerprint density at radius 2 is 2.00 bits per heavy atom. The molecule has 4 amide bonds. The van der Waals surface area contributed by atoms with Crippen LogP contribution in [0.5, 0.6) is 0 Å². The normalized spacial score (nSPS) is 21.2. The highest BCUT2D eigenvalue weighted by molar-refractivity contribution is 6.24. The van der Waals surface area contributed by atoms with Crippen LogP contribution in [0.2, 0.25) is 0 Å². The Hall–Kier alpha value is -2.58. The van der Waals surface area contributed by atoms with Crippen LogP contribution in [0.15, 0.2) is 18.2 Å². The fraction of sp³-hybridized carbons (Fsp3) is 0.444. The molecule has 2 heterocycles. The lowest BCUT2D eigenvalue weighted by molar-refractivity contribution is -0.136. The van der Waals surface area contributed by atoms with Crippen LogP contribution in [0.25, 0.3) is 0 Å². The fourth-order valence-electron chi connectivity index (χ4n) is 3.32. The van der Waals surface area contributed by atoms with Gasteiger partial charge in [-0.25, -0.2) is 0 Å². The smallest absolute Gasteiger partial charge is 0.262 e. The topological polar surface area (TPSA) is 113 Å². The van der Waals surface area contributed by atoms with Crippen molar-refractivity contribution in [2.45, 2.75) is 38.4 Å². The van der Waals surface area contributed by atoms with E-state index in [-0.39, 0.29) is 24.8 Å². The lowest BCUT2D eigenvalue weighted by atomic mass is 10.0. The van der Waals surface area contributed by atoms with Gasteiger partial charge in [-0.2, -0.15) is 0 Å². The summed E-state index contributed by atoms with van der Waals surface area (Å²) in [7, 11) is 1.90. The SMILES string of the molecule is C[C@H](CN)N(C)Cc1cccc2c1C(=O)N(C1CCC(=O)NC1=O)C2=O. The standard InChI is InChI=1S/C18H22N4O4/c1-10(8-19)21(2)9-11-4-3-5-12-15(11)18(26)22(17(12)25)13-6-7-14(23)20-16(13)24/h3-5,10,13H,6-9,19H2,1-2H3,(H,20,23,24)/t10-,13?/m1/s1. The van der Waals surface area contributed by atoms with Gasteiger partial charge in [0.15, 0.2) is 0 Å². The number of fused-ring (bicyclic) bond motifs is 1. The summed E-state index contributed by atoms with van der Waals surface area (Å²) in [5.41, 5.74) is 7.04. The molecular formula is C18H22N4O4. The Labute approximate surface area is 151 Å². The molecule has 0 saturated carbocycles. The average Bonchev–Trinajstić information content (AvgIpc) is 2.86. The monoisotopic (exact) mass is 358 g/mol. The molecular weight excluding hydrogens is 336 g/mol. The van der Waals surface area contributed by atoms with Gasteiger partial charge in [0.05, 0.1) is 11.1 Å². The minimum absolute atomic E-state index is 0.105. The highest BCUT2D eigenvalue weighted by Crippen LogP contribution is 2.30. The summed E-state index contributed by atoms with van der Waals surface area (Å²) in [4.78, 5) is 52.2. The molecule has 0 spiro atoms. The molecule has 1 fully saturated rings. The van der Waals surface area contributed by atoms with E-state index in [9.17, 15) is 19.2 Å². The number of imide groups is 2. The predicted octanol–water partition coefficient (Wildman–Crippen LogP) is -0.133. The summed E-state index contributed by atoms with van der Waals surface area (Å²) >= 11 is 0. The van der Waals surface area contributed by atoms with Gasteiger partial charge in [0.25, 0.3) is 11.8 Å². The lowest BCUT2D eigenvalue weighted by Gasteiger charge is -2.28. The highest BCUT2D eigenvalue weighted by atomic mass is 16.2. The molecule has 2 atom stereocenters. The predicted molar refractivity (Wildman–Crippen MR) is 93.1 cm³/mol. The first kappa shape index (κ1) is 18.2. The van der Waals surface area contributed by atoms with Crippen LogP contribution < -0.4 is 11.1 Å². The molecule has 3 rings (SSSR count). The fourth-order valence-corrected chi connectivity index (χ4v) is 3.32. The second-order valence-corrected chi connectivity index (χ2v) is 6.79. The summed E-state index contributed by atoms with van der Waals surface area (Å²) in [6, 6.07) is 4.29. The van der Waals surface area contributed by atoms with E-state index in [4.69, 9.17) is 5.73 Å². The molecule has 1 aromatic rings. The highest BCUT2D eigenvalue weighted by Gasteiger charge is 2.45. The van der Waals surface area contributed by atoms with Crippen LogP contribution in [-0.2, 0) is 16.1 Å². The lowest BCUT2D eigenvalue weighted by Crippen LogP contribution is -2.54. The Kier molecular flexibility index (Phi) is 4.88. The van der Waals surface area contributed by atoms with Crippen molar-refractivity contribution in [2.75, 3.05) is 13.6 Å². The number of nitrogens with one attached hydrogen (secondary N) is 1. The number of nitrogens with zero attached hydrogens (tertiary/aromatic N) is 2. The Balaban J connectivity index is 1.92. The molecule has 0 aromatic heterocycles. The van der Waals surface area contributed by atoms with Gasteiger partial charge in [0.2, 0.25) is 11.8 Å². The van der Waals surface area contributed by atoms with Gasteiger partial charge in [0.1, 0.15) is 6.04 Å². The molecule has 8 nitrogen and oxygen atoms in total. The molecule has 0 aliphatic carbocycles. The number of rotatable bonds is 5. The Bertz CT molecular complexity index is 791. The van der Waals surface area contributed by atoms with Crippen molar-refractivity contribution in [2.24, 2.45) is 5.73 Å². The largest absolute Gasteiger partial charge is 0.329 e. The number of hydrogen-bond donors (Lipinski definition) is 2. The third-order valence-electron chi connectivity index (χ3n) is 5.07. The molecule has 2 aliphatic rings. The van der Waals surface area contributed by atoms with Crippen LogP contribution in [0.1, 0.15) is 46.0 Å². The number of piperidine rings is 1. The molecule has 0 radical (unpaired) electrons. The maximum atomic E-state index is 13.0. The summed E-state index contributed by atoms with van der Waals surface area (Å²) in [6.45, 7) is 2.91. The summed E-state index contributed by atoms with van der Waals surface area (Å²) < 4.78 is 0. The van der Waals surface area contributed by atoms with Crippen molar-refractivity contribution < 1.29 is 19.2 Å². The number of likely N-dealkylation sites (N-methyl/N-ethyl adjacent to an activating group) is 1. The van der Waals surface area contributed by atoms with E-state index in [1.807, 2.05) is 18.9 Å². The molecule has 8 heteroatoms. The van der Waals surface area contributed by atoms with Crippen molar-refractivity contribution in [3.63, 3.8) is 0 Å². The third kappa shape index (κ3) is 3.02. The van der Waals surface area contributed by atoms with Gasteiger partial charge >= 0.3 is 0 Å². The zero-order valence-corrected chi connectivity index (χ0v) is 14.8. The van der Waals surface area contributed by atoms with Crippen LogP contribution in [0.4, 0.5) is 0 Å². The number of carbonyl (C=O) groups is 4. The zero-order valence-electron chi connectivity index (χ0n) is 14.8. The van der Waals surface area contributed by atoms with E-state index in [1.165, 1.54) is 0 Å². The number of nitrogens with two attached hydrogens (primary N) is 1. The van der Waals surface area contributed by atoms with Crippen LogP contribution in [-0.4, -0.2) is 59.1 Å². The quantitative estimate of drug-likeness (QED) is 0.709. The molecule has 1 unspecified atom stereocenters. The Morgan fingerprint density at radius 3 is 2.65 bits per heavy atom. The van der Waals surface area contributed by atoms with E-state index >= 15 is 0 Å². The second kappa shape index (κ2) is 6.97. The molecule has 0 bridgehead atoms. The van der Waals surface area contributed by atoms with Crippen LogP contribution >= 0.6 is 0 Å². The third-order valence-corrected chi connectivity index (χ3v) is 5.07. The van der Waals surface area contributed by atoms with Crippen molar-refractivity contribution in [1.29, 1.82) is 0 Å². The van der Waals surface area contributed by atoms with Crippen LogP contribution in [0, 0.1) is 0 Å². The van der Waals surface area contributed by atoms with Crippen molar-refractivity contribution >= 4 is 23.6 Å². The molecule has 138 valence electrons. The maximum absolute atomic E-state index is 13.0. The molecule has 3 N–H and O–H groups in total. The van der Waals surface area contributed by atoms with Crippen molar-refractivity contribution in [1.82, 2.24) is 15.1 Å². The summed E-state index contributed by atoms with van der Waals surface area (Å²) in [5, 5.41) is 2.20. The first-order valence-corrected chi connectivity index (χ1v) is 8.59. The first-order chi connectivity index (χ1) is 12.3. The van der Waals surface area contributed by atoms with Gasteiger partial charge in [-0.15, -0.1) is 0 Å². The molecule has 26 heavy (non-hydrogen) atoms. The maximum Gasteiger partial charge on any atom is 0.262 e. The first-order valence-electron chi connectivity index (χ1n) is 8.59. The van der Waals surface area contributed by atoms with Crippen molar-refractivity contribution in [3.8, 4) is 0 Å². The average molecular weight is 358 g/mol. The number of carbonyl (C=O) groups excluding carboxylic acids is 4.